The van der Waals surface area contributed by atoms with Crippen LogP contribution in [0.5, 0.6) is 0 Å². The Morgan fingerprint density at radius 2 is 1.74 bits per heavy atom. The van der Waals surface area contributed by atoms with E-state index < -0.39 is 29.5 Å². The summed E-state index contributed by atoms with van der Waals surface area (Å²) in [7, 11) is 0. The molecule has 1 heterocycles. The van der Waals surface area contributed by atoms with Crippen molar-refractivity contribution in [1.29, 1.82) is 0 Å². The molecule has 39 heavy (non-hydrogen) atoms. The van der Waals surface area contributed by atoms with Gasteiger partial charge in [-0.3, -0.25) is 9.59 Å². The third-order valence-electron chi connectivity index (χ3n) is 7.36. The summed E-state index contributed by atoms with van der Waals surface area (Å²) in [6.45, 7) is 10.8. The Balaban J connectivity index is 1.74. The normalized spacial score (nSPS) is 17.6. The Bertz CT molecular complexity index is 1350. The van der Waals surface area contributed by atoms with Crippen LogP contribution in [0.4, 0.5) is 20.2 Å². The second kappa shape index (κ2) is 11.6. The molecule has 0 spiro atoms. The van der Waals surface area contributed by atoms with E-state index in [1.807, 2.05) is 31.2 Å². The second-order valence-corrected chi connectivity index (χ2v) is 11.2. The smallest absolute Gasteiger partial charge is 0.257 e. The van der Waals surface area contributed by atoms with Crippen LogP contribution in [0.2, 0.25) is 0 Å². The summed E-state index contributed by atoms with van der Waals surface area (Å²) in [6, 6.07) is 16.2. The van der Waals surface area contributed by atoms with Crippen molar-refractivity contribution in [2.24, 2.45) is 5.92 Å². The van der Waals surface area contributed by atoms with Gasteiger partial charge in [0, 0.05) is 18.8 Å². The van der Waals surface area contributed by atoms with Crippen molar-refractivity contribution in [1.82, 2.24) is 4.90 Å². The number of carbonyl (C=O) groups is 2. The highest BCUT2D eigenvalue weighted by molar-refractivity contribution is 5.98. The first-order valence-corrected chi connectivity index (χ1v) is 13.5. The fourth-order valence-corrected chi connectivity index (χ4v) is 5.30. The summed E-state index contributed by atoms with van der Waals surface area (Å²) in [5.41, 5.74) is 2.98. The zero-order valence-corrected chi connectivity index (χ0v) is 23.3. The summed E-state index contributed by atoms with van der Waals surface area (Å²) in [5, 5.41) is 6.02. The number of halogens is 2. The van der Waals surface area contributed by atoms with Crippen molar-refractivity contribution in [3.05, 3.63) is 94.6 Å². The molecule has 7 heteroatoms. The Hall–Kier alpha value is -3.74. The fourth-order valence-electron chi connectivity index (χ4n) is 5.30. The number of aryl methyl sites for hydroxylation is 1. The lowest BCUT2D eigenvalue weighted by Gasteiger charge is -2.41. The number of likely N-dealkylation sites (tertiary alicyclic amines) is 1. The molecule has 1 saturated heterocycles. The largest absolute Gasteiger partial charge is 0.383 e. The highest BCUT2D eigenvalue weighted by Gasteiger charge is 2.41. The number of anilines is 2. The molecule has 2 atom stereocenters. The fraction of sp³-hybridized carbons (Fsp3) is 0.375. The average Bonchev–Trinajstić information content (AvgIpc) is 2.89. The molecule has 1 aliphatic heterocycles. The first-order valence-electron chi connectivity index (χ1n) is 13.5. The molecular weight excluding hydrogens is 496 g/mol. The number of amides is 2. The molecule has 0 radical (unpaired) electrons. The molecule has 1 fully saturated rings. The van der Waals surface area contributed by atoms with Gasteiger partial charge in [-0.25, -0.2) is 8.78 Å². The Labute approximate surface area is 229 Å². The summed E-state index contributed by atoms with van der Waals surface area (Å²) < 4.78 is 29.9. The van der Waals surface area contributed by atoms with Gasteiger partial charge in [-0.05, 0) is 79.1 Å². The van der Waals surface area contributed by atoms with E-state index >= 15 is 4.39 Å². The van der Waals surface area contributed by atoms with E-state index in [9.17, 15) is 14.0 Å². The SMILES string of the molecule is CCNc1ccc([C@H]2[C@@H](C(=O)Nc3cccc(C(C)(C)C)c3)CCCN2C(=O)c2c(C)cccc2F)cc1F. The van der Waals surface area contributed by atoms with Crippen molar-refractivity contribution in [3.63, 3.8) is 0 Å². The van der Waals surface area contributed by atoms with E-state index in [0.29, 0.717) is 48.4 Å². The maximum Gasteiger partial charge on any atom is 0.257 e. The molecular formula is C32H37F2N3O2. The lowest BCUT2D eigenvalue weighted by Crippen LogP contribution is -2.46. The number of nitrogens with zero attached hydrogens (tertiary/aromatic N) is 1. The van der Waals surface area contributed by atoms with Crippen LogP contribution in [-0.2, 0) is 10.2 Å². The molecule has 2 N–H and O–H groups in total. The standard InChI is InChI=1S/C32H37F2N3O2/c1-6-35-27-16-15-21(18-26(27)34)29-24(30(38)36-23-12-8-11-22(19-23)32(3,4)5)13-9-17-37(29)31(39)28-20(2)10-7-14-25(28)33/h7-8,10-12,14-16,18-19,24,29,35H,6,9,13,17H2,1-5H3,(H,36,38)/t24-,29-/m0/s1. The summed E-state index contributed by atoms with van der Waals surface area (Å²) in [6.07, 6.45) is 1.07. The van der Waals surface area contributed by atoms with Gasteiger partial charge >= 0.3 is 0 Å². The molecule has 0 aliphatic carbocycles. The van der Waals surface area contributed by atoms with Gasteiger partial charge in [0.15, 0.2) is 0 Å². The van der Waals surface area contributed by atoms with Gasteiger partial charge in [0.25, 0.3) is 5.91 Å². The van der Waals surface area contributed by atoms with Gasteiger partial charge in [-0.2, -0.15) is 0 Å². The molecule has 0 aromatic heterocycles. The van der Waals surface area contributed by atoms with Gasteiger partial charge in [0.2, 0.25) is 5.91 Å². The Kier molecular flexibility index (Phi) is 8.38. The van der Waals surface area contributed by atoms with E-state index in [-0.39, 0.29) is 16.9 Å². The Morgan fingerprint density at radius 1 is 1.00 bits per heavy atom. The third-order valence-corrected chi connectivity index (χ3v) is 7.36. The third kappa shape index (κ3) is 6.13. The number of benzene rings is 3. The molecule has 3 aromatic rings. The molecule has 2 amide bonds. The average molecular weight is 534 g/mol. The second-order valence-electron chi connectivity index (χ2n) is 11.2. The van der Waals surface area contributed by atoms with Gasteiger partial charge in [0.05, 0.1) is 23.2 Å². The molecule has 0 unspecified atom stereocenters. The van der Waals surface area contributed by atoms with Crippen LogP contribution in [0, 0.1) is 24.5 Å². The van der Waals surface area contributed by atoms with E-state index in [2.05, 4.69) is 31.4 Å². The van der Waals surface area contributed by atoms with Crippen LogP contribution >= 0.6 is 0 Å². The lowest BCUT2D eigenvalue weighted by atomic mass is 9.83. The van der Waals surface area contributed by atoms with Crippen LogP contribution in [-0.4, -0.2) is 29.8 Å². The van der Waals surface area contributed by atoms with Crippen molar-refractivity contribution >= 4 is 23.2 Å². The molecule has 1 aliphatic rings. The Morgan fingerprint density at radius 3 is 2.41 bits per heavy atom. The van der Waals surface area contributed by atoms with Crippen LogP contribution in [0.25, 0.3) is 0 Å². The molecule has 5 nitrogen and oxygen atoms in total. The van der Waals surface area contributed by atoms with Crippen molar-refractivity contribution in [2.75, 3.05) is 23.7 Å². The van der Waals surface area contributed by atoms with Gasteiger partial charge in [0.1, 0.15) is 11.6 Å². The predicted octanol–water partition coefficient (Wildman–Crippen LogP) is 7.23. The van der Waals surface area contributed by atoms with E-state index in [0.717, 1.165) is 5.56 Å². The summed E-state index contributed by atoms with van der Waals surface area (Å²) >= 11 is 0. The highest BCUT2D eigenvalue weighted by Crippen LogP contribution is 2.39. The van der Waals surface area contributed by atoms with E-state index in [4.69, 9.17) is 0 Å². The predicted molar refractivity (Wildman–Crippen MR) is 152 cm³/mol. The number of nitrogens with one attached hydrogen (secondary N) is 2. The van der Waals surface area contributed by atoms with Gasteiger partial charge in [-0.1, -0.05) is 51.1 Å². The van der Waals surface area contributed by atoms with Crippen molar-refractivity contribution in [3.8, 4) is 0 Å². The summed E-state index contributed by atoms with van der Waals surface area (Å²) in [4.78, 5) is 29.1. The lowest BCUT2D eigenvalue weighted by molar-refractivity contribution is -0.123. The van der Waals surface area contributed by atoms with E-state index in [1.165, 1.54) is 17.0 Å². The zero-order chi connectivity index (χ0) is 28.3. The van der Waals surface area contributed by atoms with Gasteiger partial charge in [-0.15, -0.1) is 0 Å². The minimum atomic E-state index is -0.763. The molecule has 0 saturated carbocycles. The van der Waals surface area contributed by atoms with Crippen molar-refractivity contribution < 1.29 is 18.4 Å². The highest BCUT2D eigenvalue weighted by atomic mass is 19.1. The number of rotatable bonds is 6. The quantitative estimate of drug-likeness (QED) is 0.351. The molecule has 3 aromatic carbocycles. The first-order chi connectivity index (χ1) is 18.5. The van der Waals surface area contributed by atoms with E-state index in [1.54, 1.807) is 31.2 Å². The minimum absolute atomic E-state index is 0.0221. The first kappa shape index (κ1) is 28.3. The molecule has 4 rings (SSSR count). The van der Waals surface area contributed by atoms with Crippen molar-refractivity contribution in [2.45, 2.75) is 58.9 Å². The molecule has 0 bridgehead atoms. The van der Waals surface area contributed by atoms with Crippen LogP contribution in [0.1, 0.15) is 73.6 Å². The summed E-state index contributed by atoms with van der Waals surface area (Å²) in [5.74, 6) is -2.49. The monoisotopic (exact) mass is 533 g/mol. The van der Waals surface area contributed by atoms with Crippen LogP contribution in [0.3, 0.4) is 0 Å². The number of hydrogen-bond donors (Lipinski definition) is 2. The topological polar surface area (TPSA) is 61.4 Å². The van der Waals surface area contributed by atoms with Crippen LogP contribution < -0.4 is 10.6 Å². The number of carbonyl (C=O) groups excluding carboxylic acids is 2. The maximum atomic E-state index is 15.1. The minimum Gasteiger partial charge on any atom is -0.383 e. The zero-order valence-electron chi connectivity index (χ0n) is 23.3. The maximum absolute atomic E-state index is 15.1. The van der Waals surface area contributed by atoms with Crippen LogP contribution in [0.15, 0.2) is 60.7 Å². The number of hydrogen-bond acceptors (Lipinski definition) is 3. The van der Waals surface area contributed by atoms with Gasteiger partial charge < -0.3 is 15.5 Å². The number of piperidine rings is 1. The molecule has 206 valence electrons.